The van der Waals surface area contributed by atoms with Gasteiger partial charge in [-0.3, -0.25) is 0 Å². The van der Waals surface area contributed by atoms with Crippen LogP contribution in [0, 0.1) is 0 Å². The Hall–Kier alpha value is -1.24. The van der Waals surface area contributed by atoms with Gasteiger partial charge in [-0.25, -0.2) is 0 Å². The molecule has 0 aliphatic rings. The minimum atomic E-state index is 0.822. The van der Waals surface area contributed by atoms with Gasteiger partial charge < -0.3 is 5.73 Å². The van der Waals surface area contributed by atoms with Crippen LogP contribution in [0.25, 0.3) is 0 Å². The van der Waals surface area contributed by atoms with E-state index < -0.39 is 0 Å². The largest absolute Gasteiger partial charge is 0.399 e. The average molecular weight is 163 g/mol. The number of hydrogen-bond donors (Lipinski definition) is 1. The van der Waals surface area contributed by atoms with E-state index in [1.165, 1.54) is 5.57 Å². The summed E-state index contributed by atoms with van der Waals surface area (Å²) >= 11 is 0. The van der Waals surface area contributed by atoms with Crippen LogP contribution in [0.15, 0.2) is 42.0 Å². The molecule has 0 saturated carbocycles. The van der Waals surface area contributed by atoms with Crippen molar-refractivity contribution in [3.8, 4) is 0 Å². The highest BCUT2D eigenvalue weighted by atomic mass is 14.5. The summed E-state index contributed by atoms with van der Waals surface area (Å²) in [7, 11) is 0. The number of anilines is 1. The third-order valence-corrected chi connectivity index (χ3v) is 1.38. The second-order valence-corrected chi connectivity index (χ2v) is 2.78. The molecule has 0 bridgehead atoms. The fraction of sp³-hybridized carbons (Fsp3) is 0.273. The molecule has 0 fully saturated rings. The number of hydrogen-bond acceptors (Lipinski definition) is 1. The summed E-state index contributed by atoms with van der Waals surface area (Å²) in [5.41, 5.74) is 7.56. The topological polar surface area (TPSA) is 26.0 Å². The highest BCUT2D eigenvalue weighted by Gasteiger charge is 1.72. The zero-order valence-electron chi connectivity index (χ0n) is 8.04. The lowest BCUT2D eigenvalue weighted by Crippen LogP contribution is -1.79. The van der Waals surface area contributed by atoms with E-state index in [9.17, 15) is 0 Å². The maximum absolute atomic E-state index is 5.36. The molecule has 0 heterocycles. The van der Waals surface area contributed by atoms with Gasteiger partial charge in [0.25, 0.3) is 0 Å². The van der Waals surface area contributed by atoms with Crippen molar-refractivity contribution in [2.24, 2.45) is 0 Å². The summed E-state index contributed by atoms with van der Waals surface area (Å²) in [6.45, 7) is 6.20. The molecule has 1 rings (SSSR count). The third kappa shape index (κ3) is 6.87. The first kappa shape index (κ1) is 10.8. The first-order valence-corrected chi connectivity index (χ1v) is 4.07. The van der Waals surface area contributed by atoms with E-state index in [2.05, 4.69) is 19.9 Å². The first-order chi connectivity index (χ1) is 5.66. The van der Waals surface area contributed by atoms with Gasteiger partial charge in [0.05, 0.1) is 0 Å². The van der Waals surface area contributed by atoms with E-state index in [1.54, 1.807) is 0 Å². The van der Waals surface area contributed by atoms with Gasteiger partial charge in [-0.2, -0.15) is 0 Å². The van der Waals surface area contributed by atoms with Crippen molar-refractivity contribution in [1.29, 1.82) is 0 Å². The molecule has 1 aromatic carbocycles. The van der Waals surface area contributed by atoms with E-state index in [0.29, 0.717) is 0 Å². The van der Waals surface area contributed by atoms with Crippen LogP contribution in [-0.4, -0.2) is 0 Å². The van der Waals surface area contributed by atoms with E-state index in [1.807, 2.05) is 37.3 Å². The van der Waals surface area contributed by atoms with Crippen molar-refractivity contribution in [1.82, 2.24) is 0 Å². The van der Waals surface area contributed by atoms with Gasteiger partial charge in [0.15, 0.2) is 0 Å². The number of nitrogens with two attached hydrogens (primary N) is 1. The second-order valence-electron chi connectivity index (χ2n) is 2.78. The molecule has 12 heavy (non-hydrogen) atoms. The van der Waals surface area contributed by atoms with Gasteiger partial charge in [-0.1, -0.05) is 29.8 Å². The molecule has 0 unspecified atom stereocenters. The van der Waals surface area contributed by atoms with Crippen molar-refractivity contribution < 1.29 is 0 Å². The fourth-order valence-electron chi connectivity index (χ4n) is 0.453. The van der Waals surface area contributed by atoms with Crippen LogP contribution in [0.3, 0.4) is 0 Å². The number of benzene rings is 1. The maximum atomic E-state index is 5.36. The van der Waals surface area contributed by atoms with Gasteiger partial charge >= 0.3 is 0 Å². The van der Waals surface area contributed by atoms with Crippen LogP contribution >= 0.6 is 0 Å². The molecule has 1 heteroatoms. The summed E-state index contributed by atoms with van der Waals surface area (Å²) in [4.78, 5) is 0. The Morgan fingerprint density at radius 1 is 1.17 bits per heavy atom. The Bertz CT molecular complexity index is 220. The van der Waals surface area contributed by atoms with Crippen molar-refractivity contribution in [2.75, 3.05) is 5.73 Å². The molecule has 1 aromatic rings. The standard InChI is InChI=1S/C6H7N.C5H10/c7-6-4-2-1-3-5-6;1-4-5(2)3/h1-5H,7H2;4H,1-3H3. The van der Waals surface area contributed by atoms with E-state index >= 15 is 0 Å². The van der Waals surface area contributed by atoms with Crippen molar-refractivity contribution in [3.63, 3.8) is 0 Å². The summed E-state index contributed by atoms with van der Waals surface area (Å²) < 4.78 is 0. The summed E-state index contributed by atoms with van der Waals surface area (Å²) in [5.74, 6) is 0. The molecule has 66 valence electrons. The molecule has 0 aromatic heterocycles. The third-order valence-electron chi connectivity index (χ3n) is 1.38. The zero-order valence-corrected chi connectivity index (χ0v) is 8.04. The Morgan fingerprint density at radius 2 is 1.58 bits per heavy atom. The summed E-state index contributed by atoms with van der Waals surface area (Å²) in [5, 5.41) is 0. The molecule has 1 nitrogen and oxygen atoms in total. The molecule has 0 atom stereocenters. The van der Waals surface area contributed by atoms with Gasteiger partial charge in [-0.05, 0) is 32.9 Å². The molecule has 0 radical (unpaired) electrons. The monoisotopic (exact) mass is 163 g/mol. The van der Waals surface area contributed by atoms with Crippen LogP contribution in [-0.2, 0) is 0 Å². The Balaban J connectivity index is 0.000000217. The van der Waals surface area contributed by atoms with Crippen molar-refractivity contribution >= 4 is 5.69 Å². The van der Waals surface area contributed by atoms with Crippen LogP contribution in [0.1, 0.15) is 20.8 Å². The molecule has 0 aliphatic carbocycles. The van der Waals surface area contributed by atoms with Crippen LogP contribution in [0.4, 0.5) is 5.69 Å². The molecular formula is C11H17N. The number of para-hydroxylation sites is 1. The van der Waals surface area contributed by atoms with E-state index in [0.717, 1.165) is 5.69 Å². The predicted molar refractivity (Wildman–Crippen MR) is 56.0 cm³/mol. The molecule has 0 amide bonds. The summed E-state index contributed by atoms with van der Waals surface area (Å²) in [6.07, 6.45) is 2.08. The normalized spacial score (nSPS) is 7.92. The minimum Gasteiger partial charge on any atom is -0.399 e. The van der Waals surface area contributed by atoms with Crippen LogP contribution in [0.5, 0.6) is 0 Å². The highest BCUT2D eigenvalue weighted by molar-refractivity contribution is 5.35. The molecular weight excluding hydrogens is 146 g/mol. The van der Waals surface area contributed by atoms with Gasteiger partial charge in [0.2, 0.25) is 0 Å². The lowest BCUT2D eigenvalue weighted by molar-refractivity contribution is 1.36. The van der Waals surface area contributed by atoms with Crippen LogP contribution < -0.4 is 5.73 Å². The number of nitrogen functional groups attached to an aromatic ring is 1. The van der Waals surface area contributed by atoms with Crippen molar-refractivity contribution in [3.05, 3.63) is 42.0 Å². The van der Waals surface area contributed by atoms with Gasteiger partial charge in [-0.15, -0.1) is 0 Å². The molecule has 2 N–H and O–H groups in total. The average Bonchev–Trinajstić information content (AvgIpc) is 2.07. The maximum Gasteiger partial charge on any atom is 0.0313 e. The zero-order chi connectivity index (χ0) is 9.40. The number of rotatable bonds is 0. The lowest BCUT2D eigenvalue weighted by atomic mass is 10.3. The minimum absolute atomic E-state index is 0.822. The van der Waals surface area contributed by atoms with Crippen molar-refractivity contribution in [2.45, 2.75) is 20.8 Å². The van der Waals surface area contributed by atoms with Gasteiger partial charge in [0.1, 0.15) is 0 Å². The molecule has 0 saturated heterocycles. The molecule has 0 aliphatic heterocycles. The van der Waals surface area contributed by atoms with E-state index in [4.69, 9.17) is 5.73 Å². The van der Waals surface area contributed by atoms with Crippen LogP contribution in [0.2, 0.25) is 0 Å². The SMILES string of the molecule is CC=C(C)C.Nc1ccccc1. The predicted octanol–water partition coefficient (Wildman–Crippen LogP) is 3.24. The lowest BCUT2D eigenvalue weighted by Gasteiger charge is -1.83. The second kappa shape index (κ2) is 6.47. The Morgan fingerprint density at radius 3 is 1.75 bits per heavy atom. The van der Waals surface area contributed by atoms with Gasteiger partial charge in [0, 0.05) is 5.69 Å². The Kier molecular flexibility index (Phi) is 5.80. The highest BCUT2D eigenvalue weighted by Crippen LogP contribution is 1.95. The molecule has 0 spiro atoms. The number of allylic oxidation sites excluding steroid dienone is 2. The first-order valence-electron chi connectivity index (χ1n) is 4.07. The fourth-order valence-corrected chi connectivity index (χ4v) is 0.453. The van der Waals surface area contributed by atoms with E-state index in [-0.39, 0.29) is 0 Å². The quantitative estimate of drug-likeness (QED) is 0.461. The Labute approximate surface area is 74.9 Å². The summed E-state index contributed by atoms with van der Waals surface area (Å²) in [6, 6.07) is 9.49. The smallest absolute Gasteiger partial charge is 0.0313 e.